The number of rotatable bonds is 5. The van der Waals surface area contributed by atoms with Crippen LogP contribution in [0.2, 0.25) is 0 Å². The molecular weight excluding hydrogens is 432 g/mol. The van der Waals surface area contributed by atoms with Crippen LogP contribution >= 0.6 is 0 Å². The number of aromatic amines is 1. The Morgan fingerprint density at radius 2 is 1.91 bits per heavy atom. The lowest BCUT2D eigenvalue weighted by Crippen LogP contribution is -2.32. The van der Waals surface area contributed by atoms with Gasteiger partial charge in [0.25, 0.3) is 5.89 Å². The van der Waals surface area contributed by atoms with Crippen molar-refractivity contribution in [1.29, 1.82) is 0 Å². The maximum Gasteiger partial charge on any atom is 0.279 e. The maximum absolute atomic E-state index is 12.6. The van der Waals surface area contributed by atoms with Gasteiger partial charge >= 0.3 is 0 Å². The highest BCUT2D eigenvalue weighted by Gasteiger charge is 2.23. The van der Waals surface area contributed by atoms with Crippen LogP contribution in [0.5, 0.6) is 0 Å². The quantitative estimate of drug-likeness (QED) is 0.484. The molecule has 2 aliphatic rings. The summed E-state index contributed by atoms with van der Waals surface area (Å²) in [4.78, 5) is 19.2. The number of hydrogen-bond acceptors (Lipinski definition) is 7. The van der Waals surface area contributed by atoms with E-state index in [-0.39, 0.29) is 5.91 Å². The van der Waals surface area contributed by atoms with E-state index in [1.165, 1.54) is 30.5 Å². The number of H-pyrrole nitrogens is 1. The van der Waals surface area contributed by atoms with Crippen molar-refractivity contribution >= 4 is 16.9 Å². The van der Waals surface area contributed by atoms with Gasteiger partial charge in [0.1, 0.15) is 5.52 Å². The number of amides is 1. The topological polar surface area (TPSA) is 119 Å². The first-order valence-corrected chi connectivity index (χ1v) is 12.3. The lowest BCUT2D eigenvalue weighted by atomic mass is 9.96. The van der Waals surface area contributed by atoms with Crippen LogP contribution < -0.4 is 0 Å². The summed E-state index contributed by atoms with van der Waals surface area (Å²) in [5.41, 5.74) is 5.55. The van der Waals surface area contributed by atoms with E-state index in [2.05, 4.69) is 30.7 Å². The number of carbonyl (C=O) groups excluding carboxylic acids is 1. The Morgan fingerprint density at radius 3 is 2.79 bits per heavy atom. The van der Waals surface area contributed by atoms with Gasteiger partial charge in [-0.2, -0.15) is 10.1 Å². The van der Waals surface area contributed by atoms with Crippen molar-refractivity contribution in [2.24, 2.45) is 0 Å². The second-order valence-corrected chi connectivity index (χ2v) is 9.22. The van der Waals surface area contributed by atoms with Gasteiger partial charge in [-0.1, -0.05) is 23.2 Å². The van der Waals surface area contributed by atoms with Gasteiger partial charge in [-0.3, -0.25) is 9.89 Å². The molecule has 1 saturated heterocycles. The normalized spacial score (nSPS) is 16.5. The molecule has 4 heterocycles. The highest BCUT2D eigenvalue weighted by Crippen LogP contribution is 2.30. The van der Waals surface area contributed by atoms with Crippen LogP contribution in [-0.4, -0.2) is 59.2 Å². The van der Waals surface area contributed by atoms with Gasteiger partial charge in [-0.15, -0.1) is 5.10 Å². The fourth-order valence-corrected chi connectivity index (χ4v) is 5.05. The molecule has 1 amide bonds. The third-order valence-corrected chi connectivity index (χ3v) is 6.95. The van der Waals surface area contributed by atoms with Crippen LogP contribution in [0.4, 0.5) is 0 Å². The van der Waals surface area contributed by atoms with Gasteiger partial charge in [-0.05, 0) is 56.7 Å². The number of aromatic nitrogens is 7. The first-order valence-electron chi connectivity index (χ1n) is 12.3. The Hall–Kier alpha value is -3.56. The molecule has 1 N–H and O–H groups in total. The summed E-state index contributed by atoms with van der Waals surface area (Å²) in [6.45, 7) is 2.25. The minimum atomic E-state index is 0.196. The van der Waals surface area contributed by atoms with E-state index in [1.54, 1.807) is 4.68 Å². The first kappa shape index (κ1) is 21.0. The summed E-state index contributed by atoms with van der Waals surface area (Å²) in [7, 11) is 0. The number of likely N-dealkylation sites (tertiary alicyclic amines) is 1. The Balaban J connectivity index is 1.18. The average molecular weight is 461 g/mol. The van der Waals surface area contributed by atoms with E-state index in [0.29, 0.717) is 24.7 Å². The molecule has 10 nitrogen and oxygen atoms in total. The molecule has 0 spiro atoms. The van der Waals surface area contributed by atoms with Crippen molar-refractivity contribution in [3.8, 4) is 23.0 Å². The van der Waals surface area contributed by atoms with Crippen LogP contribution in [0.25, 0.3) is 34.0 Å². The molecule has 0 unspecified atom stereocenters. The van der Waals surface area contributed by atoms with Crippen molar-refractivity contribution in [3.63, 3.8) is 0 Å². The minimum Gasteiger partial charge on any atom is -0.343 e. The number of nitrogens with one attached hydrogen (secondary N) is 1. The summed E-state index contributed by atoms with van der Waals surface area (Å²) >= 11 is 0. The van der Waals surface area contributed by atoms with E-state index >= 15 is 0 Å². The lowest BCUT2D eigenvalue weighted by Gasteiger charge is -2.20. The van der Waals surface area contributed by atoms with Gasteiger partial charge in [0.15, 0.2) is 5.69 Å². The molecule has 3 aromatic heterocycles. The highest BCUT2D eigenvalue weighted by atomic mass is 16.5. The molecule has 10 heteroatoms. The Labute approximate surface area is 196 Å². The van der Waals surface area contributed by atoms with Crippen LogP contribution in [-0.2, 0) is 24.2 Å². The van der Waals surface area contributed by atoms with E-state index in [4.69, 9.17) is 4.52 Å². The number of benzene rings is 1. The van der Waals surface area contributed by atoms with Crippen LogP contribution in [0, 0.1) is 0 Å². The largest absolute Gasteiger partial charge is 0.343 e. The Morgan fingerprint density at radius 1 is 1.06 bits per heavy atom. The van der Waals surface area contributed by atoms with E-state index in [1.807, 2.05) is 23.1 Å². The molecule has 4 aromatic rings. The number of nitrogens with zero attached hydrogens (tertiary/aromatic N) is 7. The molecule has 0 atom stereocenters. The maximum atomic E-state index is 12.6. The summed E-state index contributed by atoms with van der Waals surface area (Å²) in [6, 6.07) is 5.80. The molecule has 1 aliphatic carbocycles. The van der Waals surface area contributed by atoms with Crippen molar-refractivity contribution < 1.29 is 9.32 Å². The minimum absolute atomic E-state index is 0.196. The third kappa shape index (κ3) is 3.97. The van der Waals surface area contributed by atoms with Gasteiger partial charge in [0.05, 0.1) is 12.1 Å². The summed E-state index contributed by atoms with van der Waals surface area (Å²) in [5.74, 6) is 1.13. The number of aryl methyl sites for hydroxylation is 2. The molecular formula is C24H28N8O2. The molecule has 0 bridgehead atoms. The molecule has 176 valence electrons. The number of carbonyl (C=O) groups is 1. The first-order chi connectivity index (χ1) is 16.8. The number of fused-ring (bicyclic) bond motifs is 2. The molecule has 1 aromatic carbocycles. The Kier molecular flexibility index (Phi) is 5.56. The molecule has 34 heavy (non-hydrogen) atoms. The second-order valence-electron chi connectivity index (χ2n) is 9.22. The zero-order chi connectivity index (χ0) is 22.9. The Bertz CT molecular complexity index is 1310. The van der Waals surface area contributed by atoms with Gasteiger partial charge in [-0.25, -0.2) is 4.68 Å². The fourth-order valence-electron chi connectivity index (χ4n) is 5.05. The summed E-state index contributed by atoms with van der Waals surface area (Å²) < 4.78 is 7.35. The van der Waals surface area contributed by atoms with Crippen LogP contribution in [0.15, 0.2) is 22.7 Å². The average Bonchev–Trinajstić information content (AvgIpc) is 3.56. The molecule has 0 radical (unpaired) electrons. The van der Waals surface area contributed by atoms with Crippen LogP contribution in [0.1, 0.15) is 56.2 Å². The molecule has 1 aliphatic heterocycles. The lowest BCUT2D eigenvalue weighted by molar-refractivity contribution is -0.131. The van der Waals surface area contributed by atoms with Gasteiger partial charge < -0.3 is 9.42 Å². The van der Waals surface area contributed by atoms with Crippen molar-refractivity contribution in [2.45, 2.75) is 64.3 Å². The molecule has 0 saturated carbocycles. The number of hydrogen-bond donors (Lipinski definition) is 1. The predicted octanol–water partition coefficient (Wildman–Crippen LogP) is 3.54. The van der Waals surface area contributed by atoms with E-state index in [9.17, 15) is 4.79 Å². The zero-order valence-electron chi connectivity index (χ0n) is 19.2. The fraction of sp³-hybridized carbons (Fsp3) is 0.500. The van der Waals surface area contributed by atoms with Crippen molar-refractivity contribution in [1.82, 2.24) is 40.2 Å². The SMILES string of the molecule is O=C(CCn1nnc2cc(-c3noc(-c4n[nH]c5c4CCCC5)n3)ccc21)N1CCCCCC1. The van der Waals surface area contributed by atoms with Crippen molar-refractivity contribution in [2.75, 3.05) is 13.1 Å². The predicted molar refractivity (Wildman–Crippen MR) is 125 cm³/mol. The summed E-state index contributed by atoms with van der Waals surface area (Å²) in [6.07, 6.45) is 9.38. The van der Waals surface area contributed by atoms with E-state index in [0.717, 1.165) is 67.5 Å². The third-order valence-electron chi connectivity index (χ3n) is 6.95. The standard InChI is InChI=1S/C24H28N8O2/c33-21(31-12-5-1-2-6-13-31)11-14-32-20-10-9-16(15-19(20)27-30-32)23-25-24(34-29-23)22-17-7-3-4-8-18(17)26-28-22/h9-10,15H,1-8,11-14H2,(H,26,28). The summed E-state index contributed by atoms with van der Waals surface area (Å²) in [5, 5.41) is 20.3. The van der Waals surface area contributed by atoms with Crippen molar-refractivity contribution in [3.05, 3.63) is 29.5 Å². The molecule has 1 fully saturated rings. The molecule has 6 rings (SSSR count). The second kappa shape index (κ2) is 9.00. The van der Waals surface area contributed by atoms with E-state index < -0.39 is 0 Å². The monoisotopic (exact) mass is 460 g/mol. The van der Waals surface area contributed by atoms with Gasteiger partial charge in [0, 0.05) is 36.3 Å². The van der Waals surface area contributed by atoms with Gasteiger partial charge in [0.2, 0.25) is 11.7 Å². The highest BCUT2D eigenvalue weighted by molar-refractivity contribution is 5.80. The smallest absolute Gasteiger partial charge is 0.279 e. The zero-order valence-corrected chi connectivity index (χ0v) is 19.2. The van der Waals surface area contributed by atoms with Crippen LogP contribution in [0.3, 0.4) is 0 Å².